The molecule has 2 aliphatic heterocycles. The number of nitrogens with zero attached hydrogens (tertiary/aromatic N) is 1. The van der Waals surface area contributed by atoms with Gasteiger partial charge >= 0.3 is 0 Å². The third kappa shape index (κ3) is 2.12. The first kappa shape index (κ1) is 13.5. The zero-order valence-corrected chi connectivity index (χ0v) is 12.3. The maximum absolute atomic E-state index is 13.6. The molecule has 0 aromatic heterocycles. The second-order valence-corrected chi connectivity index (χ2v) is 5.95. The third-order valence-electron chi connectivity index (χ3n) is 4.04. The van der Waals surface area contributed by atoms with E-state index in [1.54, 1.807) is 11.0 Å². The van der Waals surface area contributed by atoms with Gasteiger partial charge in [-0.3, -0.25) is 9.59 Å². The van der Waals surface area contributed by atoms with Crippen LogP contribution in [0.25, 0.3) is 0 Å². The highest BCUT2D eigenvalue weighted by Gasteiger charge is 2.43. The van der Waals surface area contributed by atoms with Crippen LogP contribution in [-0.2, 0) is 4.79 Å². The van der Waals surface area contributed by atoms with Crippen molar-refractivity contribution < 1.29 is 14.0 Å². The summed E-state index contributed by atoms with van der Waals surface area (Å²) in [6.07, 6.45) is 1.61. The third-order valence-corrected chi connectivity index (χ3v) is 4.85. The number of hydrogen-bond donors (Lipinski definition) is 1. The lowest BCUT2D eigenvalue weighted by Crippen LogP contribution is -2.48. The standard InChI is InChI=1S/C14H14BrFN2O2/c15-12-9(3-1-5-10(12)16)14(20)18-6-2-4-8-11(18)7-17-13(8)19/h1,3,5,8,11H,2,4,6-7H2,(H,17,19). The molecular weight excluding hydrogens is 327 g/mol. The Kier molecular flexibility index (Phi) is 3.50. The molecule has 1 aromatic carbocycles. The summed E-state index contributed by atoms with van der Waals surface area (Å²) in [4.78, 5) is 26.0. The molecule has 6 heteroatoms. The van der Waals surface area contributed by atoms with Crippen LogP contribution in [0.1, 0.15) is 23.2 Å². The first-order chi connectivity index (χ1) is 9.59. The molecule has 2 atom stereocenters. The van der Waals surface area contributed by atoms with Gasteiger partial charge in [0.1, 0.15) is 5.82 Å². The van der Waals surface area contributed by atoms with Crippen molar-refractivity contribution in [1.29, 1.82) is 0 Å². The number of fused-ring (bicyclic) bond motifs is 1. The van der Waals surface area contributed by atoms with E-state index < -0.39 is 5.82 Å². The fourth-order valence-corrected chi connectivity index (χ4v) is 3.46. The Balaban J connectivity index is 1.90. The van der Waals surface area contributed by atoms with E-state index in [0.29, 0.717) is 18.7 Å². The van der Waals surface area contributed by atoms with Gasteiger partial charge in [0, 0.05) is 13.1 Å². The Morgan fingerprint density at radius 2 is 2.25 bits per heavy atom. The lowest BCUT2D eigenvalue weighted by Gasteiger charge is -2.36. The lowest BCUT2D eigenvalue weighted by molar-refractivity contribution is -0.123. The number of likely N-dealkylation sites (tertiary alicyclic amines) is 1. The monoisotopic (exact) mass is 340 g/mol. The van der Waals surface area contributed by atoms with Crippen LogP contribution in [0.3, 0.4) is 0 Å². The van der Waals surface area contributed by atoms with Gasteiger partial charge in [0.2, 0.25) is 5.91 Å². The Hall–Kier alpha value is -1.43. The molecule has 2 unspecified atom stereocenters. The van der Waals surface area contributed by atoms with Gasteiger partial charge < -0.3 is 10.2 Å². The van der Waals surface area contributed by atoms with Gasteiger partial charge in [-0.1, -0.05) is 6.07 Å². The highest BCUT2D eigenvalue weighted by Crippen LogP contribution is 2.30. The predicted octanol–water partition coefficient (Wildman–Crippen LogP) is 1.94. The Morgan fingerprint density at radius 3 is 3.05 bits per heavy atom. The fourth-order valence-electron chi connectivity index (χ4n) is 3.03. The van der Waals surface area contributed by atoms with E-state index >= 15 is 0 Å². The molecule has 0 aliphatic carbocycles. The van der Waals surface area contributed by atoms with Crippen LogP contribution in [-0.4, -0.2) is 35.8 Å². The second-order valence-electron chi connectivity index (χ2n) is 5.16. The number of hydrogen-bond acceptors (Lipinski definition) is 2. The van der Waals surface area contributed by atoms with Gasteiger partial charge in [-0.25, -0.2) is 4.39 Å². The SMILES string of the molecule is O=C1NCC2C1CCCN2C(=O)c1cccc(F)c1Br. The average Bonchev–Trinajstić information content (AvgIpc) is 2.83. The van der Waals surface area contributed by atoms with Crippen molar-refractivity contribution in [2.75, 3.05) is 13.1 Å². The largest absolute Gasteiger partial charge is 0.354 e. The summed E-state index contributed by atoms with van der Waals surface area (Å²) in [6.45, 7) is 1.10. The summed E-state index contributed by atoms with van der Waals surface area (Å²) in [5.74, 6) is -0.779. The number of benzene rings is 1. The molecule has 3 rings (SSSR count). The van der Waals surface area contributed by atoms with Crippen molar-refractivity contribution in [3.8, 4) is 0 Å². The van der Waals surface area contributed by atoms with Crippen LogP contribution in [0.4, 0.5) is 4.39 Å². The van der Waals surface area contributed by atoms with Crippen LogP contribution in [0.15, 0.2) is 22.7 Å². The quantitative estimate of drug-likeness (QED) is 0.849. The number of carbonyl (C=O) groups excluding carboxylic acids is 2. The topological polar surface area (TPSA) is 49.4 Å². The molecular formula is C14H14BrFN2O2. The van der Waals surface area contributed by atoms with Gasteiger partial charge in [0.25, 0.3) is 5.91 Å². The lowest BCUT2D eigenvalue weighted by atomic mass is 9.91. The van der Waals surface area contributed by atoms with Crippen molar-refractivity contribution >= 4 is 27.7 Å². The van der Waals surface area contributed by atoms with E-state index in [4.69, 9.17) is 0 Å². The predicted molar refractivity (Wildman–Crippen MR) is 74.7 cm³/mol. The molecule has 20 heavy (non-hydrogen) atoms. The highest BCUT2D eigenvalue weighted by atomic mass is 79.9. The van der Waals surface area contributed by atoms with E-state index in [0.717, 1.165) is 12.8 Å². The van der Waals surface area contributed by atoms with E-state index in [-0.39, 0.29) is 28.2 Å². The van der Waals surface area contributed by atoms with Crippen molar-refractivity contribution in [2.24, 2.45) is 5.92 Å². The van der Waals surface area contributed by atoms with Gasteiger partial charge in [-0.05, 0) is 40.9 Å². The Bertz CT molecular complexity index is 578. The van der Waals surface area contributed by atoms with E-state index in [2.05, 4.69) is 21.2 Å². The van der Waals surface area contributed by atoms with Crippen LogP contribution < -0.4 is 5.32 Å². The first-order valence-electron chi connectivity index (χ1n) is 6.62. The molecule has 0 bridgehead atoms. The Labute approximate surface area is 124 Å². The molecule has 2 fully saturated rings. The number of carbonyl (C=O) groups is 2. The van der Waals surface area contributed by atoms with Crippen molar-refractivity contribution in [2.45, 2.75) is 18.9 Å². The number of amides is 2. The zero-order valence-electron chi connectivity index (χ0n) is 10.7. The zero-order chi connectivity index (χ0) is 14.3. The molecule has 2 saturated heterocycles. The molecule has 1 aromatic rings. The second kappa shape index (κ2) is 5.16. The first-order valence-corrected chi connectivity index (χ1v) is 7.41. The Morgan fingerprint density at radius 1 is 1.45 bits per heavy atom. The molecule has 2 heterocycles. The molecule has 1 N–H and O–H groups in total. The molecule has 0 saturated carbocycles. The van der Waals surface area contributed by atoms with Crippen molar-refractivity contribution in [3.05, 3.63) is 34.1 Å². The molecule has 4 nitrogen and oxygen atoms in total. The minimum absolute atomic E-state index is 0.0193. The number of piperidine rings is 1. The normalized spacial score (nSPS) is 25.3. The van der Waals surface area contributed by atoms with Gasteiger partial charge in [0.15, 0.2) is 0 Å². The van der Waals surface area contributed by atoms with Crippen molar-refractivity contribution in [1.82, 2.24) is 10.2 Å². The summed E-state index contributed by atoms with van der Waals surface area (Å²) in [7, 11) is 0. The van der Waals surface area contributed by atoms with Gasteiger partial charge in [-0.15, -0.1) is 0 Å². The minimum Gasteiger partial charge on any atom is -0.354 e. The van der Waals surface area contributed by atoms with Gasteiger partial charge in [0.05, 0.1) is 22.0 Å². The van der Waals surface area contributed by atoms with Crippen LogP contribution in [0.5, 0.6) is 0 Å². The summed E-state index contributed by atoms with van der Waals surface area (Å²) in [6, 6.07) is 4.32. The number of halogens is 2. The van der Waals surface area contributed by atoms with Gasteiger partial charge in [-0.2, -0.15) is 0 Å². The van der Waals surface area contributed by atoms with E-state index in [1.807, 2.05) is 0 Å². The maximum Gasteiger partial charge on any atom is 0.255 e. The van der Waals surface area contributed by atoms with Crippen LogP contribution >= 0.6 is 15.9 Å². The molecule has 106 valence electrons. The summed E-state index contributed by atoms with van der Waals surface area (Å²) in [5, 5.41) is 2.81. The fraction of sp³-hybridized carbons (Fsp3) is 0.429. The highest BCUT2D eigenvalue weighted by molar-refractivity contribution is 9.10. The average molecular weight is 341 g/mol. The minimum atomic E-state index is -0.454. The summed E-state index contributed by atoms with van der Waals surface area (Å²) >= 11 is 3.13. The van der Waals surface area contributed by atoms with Crippen LogP contribution in [0, 0.1) is 11.7 Å². The van der Waals surface area contributed by atoms with E-state index in [9.17, 15) is 14.0 Å². The number of nitrogens with one attached hydrogen (secondary N) is 1. The molecule has 2 aliphatic rings. The summed E-state index contributed by atoms with van der Waals surface area (Å²) in [5.41, 5.74) is 0.310. The maximum atomic E-state index is 13.6. The number of rotatable bonds is 1. The smallest absolute Gasteiger partial charge is 0.255 e. The summed E-state index contributed by atoms with van der Waals surface area (Å²) < 4.78 is 13.7. The molecule has 0 spiro atoms. The van der Waals surface area contributed by atoms with E-state index in [1.165, 1.54) is 12.1 Å². The van der Waals surface area contributed by atoms with Crippen molar-refractivity contribution in [3.63, 3.8) is 0 Å². The molecule has 0 radical (unpaired) electrons. The molecule has 2 amide bonds. The van der Waals surface area contributed by atoms with Crippen LogP contribution in [0.2, 0.25) is 0 Å².